The lowest BCUT2D eigenvalue weighted by atomic mass is 9.55. The molecule has 2 fully saturated rings. The minimum Gasteiger partial charge on any atom is -0.508 e. The third-order valence-electron chi connectivity index (χ3n) is 8.28. The lowest BCUT2D eigenvalue weighted by Crippen LogP contribution is -2.43. The van der Waals surface area contributed by atoms with Crippen molar-refractivity contribution in [1.29, 1.82) is 0 Å². The lowest BCUT2D eigenvalue weighted by molar-refractivity contribution is -0.121. The smallest absolute Gasteiger partial charge is 0.240 e. The van der Waals surface area contributed by atoms with Gasteiger partial charge in [0.1, 0.15) is 5.75 Å². The van der Waals surface area contributed by atoms with Gasteiger partial charge in [-0.3, -0.25) is 4.79 Å². The van der Waals surface area contributed by atoms with Crippen LogP contribution in [0.3, 0.4) is 0 Å². The number of hydrogen-bond acceptors (Lipinski definition) is 4. The molecule has 170 valence electrons. The van der Waals surface area contributed by atoms with Gasteiger partial charge in [0.15, 0.2) is 0 Å². The number of phenolic OH excluding ortho intramolecular Hbond substituents is 1. The number of benzene rings is 1. The number of aromatic hydroxyl groups is 1. The van der Waals surface area contributed by atoms with Crippen molar-refractivity contribution < 1.29 is 9.90 Å². The highest BCUT2D eigenvalue weighted by Crippen LogP contribution is 2.59. The van der Waals surface area contributed by atoms with E-state index in [1.165, 1.54) is 36.1 Å². The van der Waals surface area contributed by atoms with Crippen molar-refractivity contribution in [2.75, 3.05) is 20.6 Å². The normalized spacial score (nSPS) is 30.7. The van der Waals surface area contributed by atoms with Gasteiger partial charge in [-0.25, -0.2) is 5.43 Å². The second-order valence-corrected chi connectivity index (χ2v) is 10.5. The summed E-state index contributed by atoms with van der Waals surface area (Å²) in [6.45, 7) is 3.47. The highest BCUT2D eigenvalue weighted by Gasteiger charge is 2.53. The number of nitrogens with one attached hydrogen (secondary N) is 1. The Labute approximate surface area is 187 Å². The Morgan fingerprint density at radius 3 is 2.84 bits per heavy atom. The number of fused-ring (bicyclic) bond motifs is 5. The Bertz CT molecular complexity index is 834. The number of carbonyl (C=O) groups excluding carboxylic acids is 1. The predicted molar refractivity (Wildman–Crippen MR) is 125 cm³/mol. The van der Waals surface area contributed by atoms with Crippen LogP contribution < -0.4 is 5.43 Å². The molecule has 4 unspecified atom stereocenters. The molecule has 0 heterocycles. The van der Waals surface area contributed by atoms with Crippen LogP contribution in [0.4, 0.5) is 0 Å². The summed E-state index contributed by atoms with van der Waals surface area (Å²) in [6.07, 6.45) is 10.5. The molecule has 31 heavy (non-hydrogen) atoms. The Kier molecular flexibility index (Phi) is 6.71. The van der Waals surface area contributed by atoms with E-state index in [4.69, 9.17) is 0 Å². The van der Waals surface area contributed by atoms with E-state index in [-0.39, 0.29) is 11.3 Å². The maximum Gasteiger partial charge on any atom is 0.240 e. The minimum atomic E-state index is 0.0597. The maximum atomic E-state index is 12.3. The summed E-state index contributed by atoms with van der Waals surface area (Å²) >= 11 is 0. The van der Waals surface area contributed by atoms with Gasteiger partial charge in [0, 0.05) is 17.5 Å². The van der Waals surface area contributed by atoms with Crippen LogP contribution in [0.25, 0.3) is 0 Å². The van der Waals surface area contributed by atoms with Gasteiger partial charge >= 0.3 is 0 Å². The van der Waals surface area contributed by atoms with E-state index in [0.717, 1.165) is 45.1 Å². The lowest BCUT2D eigenvalue weighted by Gasteiger charge is -2.49. The summed E-state index contributed by atoms with van der Waals surface area (Å²) in [7, 11) is 4.17. The molecule has 2 saturated carbocycles. The highest BCUT2D eigenvalue weighted by molar-refractivity contribution is 5.93. The van der Waals surface area contributed by atoms with Crippen LogP contribution in [-0.4, -0.2) is 42.3 Å². The number of hydrogen-bond donors (Lipinski definition) is 2. The number of phenols is 1. The standard InChI is InChI=1S/C26H39N3O2/c1-26-15-14-21-20-11-9-19(30)17-18(20)8-10-22(21)23(26)12-13-24(26)27-28-25(31)7-5-4-6-16-29(2)3/h9,11,17,21-23,30H,4-8,10,12-16H2,1-3H3,(H,28,31)/b27-24+. The van der Waals surface area contributed by atoms with Crippen LogP contribution >= 0.6 is 0 Å². The largest absolute Gasteiger partial charge is 0.508 e. The Morgan fingerprint density at radius 2 is 2.03 bits per heavy atom. The van der Waals surface area contributed by atoms with Crippen LogP contribution in [0, 0.1) is 17.3 Å². The second-order valence-electron chi connectivity index (χ2n) is 10.5. The van der Waals surface area contributed by atoms with Crippen molar-refractivity contribution in [1.82, 2.24) is 10.3 Å². The molecule has 2 N–H and O–H groups in total. The van der Waals surface area contributed by atoms with Gasteiger partial charge in [-0.2, -0.15) is 5.10 Å². The van der Waals surface area contributed by atoms with Crippen LogP contribution in [0.1, 0.15) is 81.8 Å². The van der Waals surface area contributed by atoms with E-state index in [1.54, 1.807) is 0 Å². The fourth-order valence-corrected chi connectivity index (χ4v) is 6.62. The summed E-state index contributed by atoms with van der Waals surface area (Å²) < 4.78 is 0. The SMILES string of the molecule is CN(C)CCCCCC(=O)N/N=C1\CCC2C3CCc4cc(O)ccc4C3CCC12C. The second kappa shape index (κ2) is 9.32. The van der Waals surface area contributed by atoms with Gasteiger partial charge in [0.2, 0.25) is 5.91 Å². The van der Waals surface area contributed by atoms with Crippen molar-refractivity contribution in [2.24, 2.45) is 22.4 Å². The van der Waals surface area contributed by atoms with E-state index >= 15 is 0 Å². The van der Waals surface area contributed by atoms with E-state index in [2.05, 4.69) is 42.5 Å². The molecule has 3 aliphatic rings. The molecule has 0 saturated heterocycles. The van der Waals surface area contributed by atoms with Gasteiger partial charge in [0.25, 0.3) is 0 Å². The summed E-state index contributed by atoms with van der Waals surface area (Å²) in [5.74, 6) is 2.40. The topological polar surface area (TPSA) is 64.9 Å². The van der Waals surface area contributed by atoms with Crippen molar-refractivity contribution in [3.8, 4) is 5.75 Å². The Balaban J connectivity index is 1.35. The Hall–Kier alpha value is -1.88. The number of rotatable bonds is 7. The number of aryl methyl sites for hydroxylation is 1. The molecule has 0 aliphatic heterocycles. The van der Waals surface area contributed by atoms with Crippen LogP contribution in [0.2, 0.25) is 0 Å². The minimum absolute atomic E-state index is 0.0597. The van der Waals surface area contributed by atoms with Gasteiger partial charge in [0.05, 0.1) is 0 Å². The molecule has 1 amide bonds. The molecule has 1 aromatic carbocycles. The monoisotopic (exact) mass is 425 g/mol. The average Bonchev–Trinajstić information content (AvgIpc) is 3.07. The molecule has 0 spiro atoms. The van der Waals surface area contributed by atoms with E-state index in [1.807, 2.05) is 12.1 Å². The third kappa shape index (κ3) is 4.67. The fraction of sp³-hybridized carbons (Fsp3) is 0.692. The highest BCUT2D eigenvalue weighted by atomic mass is 16.3. The number of unbranched alkanes of at least 4 members (excludes halogenated alkanes) is 2. The predicted octanol–water partition coefficient (Wildman–Crippen LogP) is 4.84. The first-order valence-corrected chi connectivity index (χ1v) is 12.2. The van der Waals surface area contributed by atoms with Crippen molar-refractivity contribution >= 4 is 11.6 Å². The maximum absolute atomic E-state index is 12.3. The summed E-state index contributed by atoms with van der Waals surface area (Å²) in [5, 5.41) is 14.5. The van der Waals surface area contributed by atoms with Crippen molar-refractivity contribution in [3.63, 3.8) is 0 Å². The van der Waals surface area contributed by atoms with E-state index < -0.39 is 0 Å². The average molecular weight is 426 g/mol. The molecule has 5 nitrogen and oxygen atoms in total. The first-order valence-electron chi connectivity index (χ1n) is 12.2. The zero-order valence-corrected chi connectivity index (χ0v) is 19.5. The van der Waals surface area contributed by atoms with Gasteiger partial charge in [-0.05, 0) is 113 Å². The molecule has 4 atom stereocenters. The molecule has 0 aromatic heterocycles. The van der Waals surface area contributed by atoms with Crippen molar-refractivity contribution in [2.45, 2.75) is 77.0 Å². The fourth-order valence-electron chi connectivity index (χ4n) is 6.62. The molecular weight excluding hydrogens is 386 g/mol. The first-order chi connectivity index (χ1) is 14.9. The number of nitrogens with zero attached hydrogens (tertiary/aromatic N) is 2. The van der Waals surface area contributed by atoms with E-state index in [0.29, 0.717) is 29.9 Å². The van der Waals surface area contributed by atoms with Crippen LogP contribution in [0.5, 0.6) is 5.75 Å². The van der Waals surface area contributed by atoms with Crippen LogP contribution in [0.15, 0.2) is 23.3 Å². The zero-order chi connectivity index (χ0) is 22.0. The molecule has 5 heteroatoms. The molecule has 4 rings (SSSR count). The zero-order valence-electron chi connectivity index (χ0n) is 19.5. The Morgan fingerprint density at radius 1 is 1.19 bits per heavy atom. The molecule has 3 aliphatic carbocycles. The van der Waals surface area contributed by atoms with Gasteiger partial charge < -0.3 is 10.0 Å². The molecule has 0 bridgehead atoms. The number of carbonyl (C=O) groups is 1. The molecule has 0 radical (unpaired) electrons. The third-order valence-corrected chi connectivity index (χ3v) is 8.28. The quantitative estimate of drug-likeness (QED) is 0.485. The van der Waals surface area contributed by atoms with Crippen molar-refractivity contribution in [3.05, 3.63) is 29.3 Å². The summed E-state index contributed by atoms with van der Waals surface area (Å²) in [6, 6.07) is 5.98. The number of amides is 1. The number of hydrazone groups is 1. The van der Waals surface area contributed by atoms with Crippen LogP contribution in [-0.2, 0) is 11.2 Å². The van der Waals surface area contributed by atoms with Gasteiger partial charge in [-0.15, -0.1) is 0 Å². The summed E-state index contributed by atoms with van der Waals surface area (Å²) in [5.41, 5.74) is 7.03. The summed E-state index contributed by atoms with van der Waals surface area (Å²) in [4.78, 5) is 14.5. The first kappa shape index (κ1) is 22.3. The van der Waals surface area contributed by atoms with Gasteiger partial charge in [-0.1, -0.05) is 19.4 Å². The molecular formula is C26H39N3O2. The molecule has 1 aromatic rings. The van der Waals surface area contributed by atoms with E-state index in [9.17, 15) is 9.90 Å².